The zero-order valence-corrected chi connectivity index (χ0v) is 11.5. The number of nitrogens with one attached hydrogen (secondary N) is 1. The molecule has 0 aliphatic heterocycles. The van der Waals surface area contributed by atoms with Crippen molar-refractivity contribution in [3.8, 4) is 5.75 Å². The van der Waals surface area contributed by atoms with Gasteiger partial charge in [-0.2, -0.15) is 0 Å². The summed E-state index contributed by atoms with van der Waals surface area (Å²) < 4.78 is 5.02. The maximum atomic E-state index is 12.1. The third-order valence-corrected chi connectivity index (χ3v) is 2.93. The predicted molar refractivity (Wildman–Crippen MR) is 78.0 cm³/mol. The average Bonchev–Trinajstić information content (AvgIpc) is 2.43. The van der Waals surface area contributed by atoms with Crippen molar-refractivity contribution in [2.75, 3.05) is 12.4 Å². The largest absolute Gasteiger partial charge is 0.506 e. The molecule has 0 saturated carbocycles. The van der Waals surface area contributed by atoms with Gasteiger partial charge in [-0.25, -0.2) is 0 Å². The Labute approximate surface area is 118 Å². The number of benzene rings is 2. The highest BCUT2D eigenvalue weighted by Gasteiger charge is 2.08. The monoisotopic (exact) mass is 271 g/mol. The van der Waals surface area contributed by atoms with Gasteiger partial charge in [-0.15, -0.1) is 0 Å². The number of methoxy groups -OCH3 is 1. The van der Waals surface area contributed by atoms with Crippen LogP contribution in [0.15, 0.2) is 42.5 Å². The van der Waals surface area contributed by atoms with Crippen LogP contribution < -0.4 is 5.32 Å². The highest BCUT2D eigenvalue weighted by molar-refractivity contribution is 6.05. The number of aromatic hydroxyl groups is 1. The van der Waals surface area contributed by atoms with E-state index < -0.39 is 0 Å². The summed E-state index contributed by atoms with van der Waals surface area (Å²) in [6.07, 6.45) is 0. The quantitative estimate of drug-likeness (QED) is 0.840. The molecule has 1 amide bonds. The van der Waals surface area contributed by atoms with Crippen molar-refractivity contribution < 1.29 is 14.6 Å². The lowest BCUT2D eigenvalue weighted by molar-refractivity contribution is 0.102. The summed E-state index contributed by atoms with van der Waals surface area (Å²) in [6.45, 7) is 2.39. The molecule has 2 aromatic rings. The van der Waals surface area contributed by atoms with Gasteiger partial charge in [0.25, 0.3) is 5.91 Å². The number of ether oxygens (including phenoxy) is 1. The van der Waals surface area contributed by atoms with Crippen LogP contribution in [0.3, 0.4) is 0 Å². The minimum absolute atomic E-state index is 0.0642. The van der Waals surface area contributed by atoms with Gasteiger partial charge in [0.2, 0.25) is 0 Å². The Kier molecular flexibility index (Phi) is 4.38. The topological polar surface area (TPSA) is 58.6 Å². The summed E-state index contributed by atoms with van der Waals surface area (Å²) >= 11 is 0. The average molecular weight is 271 g/mol. The van der Waals surface area contributed by atoms with Crippen LogP contribution >= 0.6 is 0 Å². The minimum Gasteiger partial charge on any atom is -0.506 e. The van der Waals surface area contributed by atoms with Crippen molar-refractivity contribution in [3.05, 3.63) is 59.2 Å². The summed E-state index contributed by atoms with van der Waals surface area (Å²) in [7, 11) is 1.63. The maximum Gasteiger partial charge on any atom is 0.255 e. The number of carbonyl (C=O) groups is 1. The van der Waals surface area contributed by atoms with E-state index in [1.165, 1.54) is 0 Å². The highest BCUT2D eigenvalue weighted by Crippen LogP contribution is 2.24. The van der Waals surface area contributed by atoms with Gasteiger partial charge < -0.3 is 15.2 Å². The van der Waals surface area contributed by atoms with Crippen LogP contribution in [0, 0.1) is 6.92 Å². The fraction of sp³-hybridized carbons (Fsp3) is 0.188. The number of aryl methyl sites for hydroxylation is 1. The van der Waals surface area contributed by atoms with Crippen molar-refractivity contribution in [2.45, 2.75) is 13.5 Å². The van der Waals surface area contributed by atoms with E-state index in [0.29, 0.717) is 17.9 Å². The molecule has 0 spiro atoms. The molecule has 0 atom stereocenters. The Morgan fingerprint density at radius 3 is 2.50 bits per heavy atom. The molecule has 0 saturated heterocycles. The van der Waals surface area contributed by atoms with Crippen molar-refractivity contribution in [2.24, 2.45) is 0 Å². The second kappa shape index (κ2) is 6.21. The molecular weight excluding hydrogens is 254 g/mol. The Balaban J connectivity index is 2.11. The summed E-state index contributed by atoms with van der Waals surface area (Å²) in [4.78, 5) is 12.1. The fourth-order valence-corrected chi connectivity index (χ4v) is 1.86. The number of phenols is 1. The second-order valence-corrected chi connectivity index (χ2v) is 4.60. The van der Waals surface area contributed by atoms with E-state index in [9.17, 15) is 9.90 Å². The molecule has 2 aromatic carbocycles. The van der Waals surface area contributed by atoms with Gasteiger partial charge in [0.05, 0.1) is 12.3 Å². The molecule has 2 N–H and O–H groups in total. The van der Waals surface area contributed by atoms with Crippen LogP contribution in [0.2, 0.25) is 0 Å². The van der Waals surface area contributed by atoms with Crippen molar-refractivity contribution in [1.29, 1.82) is 0 Å². The van der Waals surface area contributed by atoms with Crippen LogP contribution in [-0.4, -0.2) is 18.1 Å². The van der Waals surface area contributed by atoms with Gasteiger partial charge in [-0.1, -0.05) is 18.2 Å². The molecule has 0 fully saturated rings. The molecular formula is C16H17NO3. The number of hydrogen-bond donors (Lipinski definition) is 2. The summed E-state index contributed by atoms with van der Waals surface area (Å²) in [5, 5.41) is 12.5. The Hall–Kier alpha value is -2.33. The first-order valence-electron chi connectivity index (χ1n) is 6.29. The molecule has 20 heavy (non-hydrogen) atoms. The number of carbonyl (C=O) groups excluding carboxylic acids is 1. The lowest BCUT2D eigenvalue weighted by Crippen LogP contribution is -2.12. The Morgan fingerprint density at radius 1 is 1.20 bits per heavy atom. The SMILES string of the molecule is COCc1ccc(C(=O)Nc2ccc(C)cc2O)cc1. The highest BCUT2D eigenvalue weighted by atomic mass is 16.5. The van der Waals surface area contributed by atoms with Gasteiger partial charge in [-0.05, 0) is 42.3 Å². The molecule has 4 nitrogen and oxygen atoms in total. The second-order valence-electron chi connectivity index (χ2n) is 4.60. The van der Waals surface area contributed by atoms with Crippen LogP contribution in [-0.2, 0) is 11.3 Å². The van der Waals surface area contributed by atoms with E-state index in [-0.39, 0.29) is 11.7 Å². The zero-order chi connectivity index (χ0) is 14.5. The molecule has 0 aromatic heterocycles. The normalized spacial score (nSPS) is 10.3. The smallest absolute Gasteiger partial charge is 0.255 e. The van der Waals surface area contributed by atoms with E-state index in [2.05, 4.69) is 5.32 Å². The lowest BCUT2D eigenvalue weighted by Gasteiger charge is -2.08. The minimum atomic E-state index is -0.256. The van der Waals surface area contributed by atoms with Crippen molar-refractivity contribution in [1.82, 2.24) is 0 Å². The predicted octanol–water partition coefficient (Wildman–Crippen LogP) is 3.10. The third kappa shape index (κ3) is 3.36. The fourth-order valence-electron chi connectivity index (χ4n) is 1.86. The molecule has 0 aliphatic rings. The number of anilines is 1. The standard InChI is InChI=1S/C16H17NO3/c1-11-3-8-14(15(18)9-11)17-16(19)13-6-4-12(5-7-13)10-20-2/h3-9,18H,10H2,1-2H3,(H,17,19). The number of amides is 1. The van der Waals surface area contributed by atoms with Gasteiger partial charge in [0.1, 0.15) is 5.75 Å². The zero-order valence-electron chi connectivity index (χ0n) is 11.5. The van der Waals surface area contributed by atoms with Gasteiger partial charge in [0, 0.05) is 12.7 Å². The van der Waals surface area contributed by atoms with Gasteiger partial charge in [0.15, 0.2) is 0 Å². The molecule has 4 heteroatoms. The summed E-state index contributed by atoms with van der Waals surface area (Å²) in [5.41, 5.74) is 2.87. The van der Waals surface area contributed by atoms with Crippen LogP contribution in [0.25, 0.3) is 0 Å². The van der Waals surface area contributed by atoms with Crippen LogP contribution in [0.5, 0.6) is 5.75 Å². The molecule has 0 unspecified atom stereocenters. The van der Waals surface area contributed by atoms with Crippen LogP contribution in [0.1, 0.15) is 21.5 Å². The molecule has 2 rings (SSSR count). The van der Waals surface area contributed by atoms with E-state index >= 15 is 0 Å². The third-order valence-electron chi connectivity index (χ3n) is 2.93. The van der Waals surface area contributed by atoms with Crippen molar-refractivity contribution in [3.63, 3.8) is 0 Å². The Bertz CT molecular complexity index is 606. The first-order valence-corrected chi connectivity index (χ1v) is 6.29. The molecule has 0 heterocycles. The molecule has 0 aliphatic carbocycles. The van der Waals surface area contributed by atoms with Crippen LogP contribution in [0.4, 0.5) is 5.69 Å². The summed E-state index contributed by atoms with van der Waals surface area (Å²) in [5.74, 6) is -0.192. The van der Waals surface area contributed by atoms with E-state index in [0.717, 1.165) is 11.1 Å². The Morgan fingerprint density at radius 2 is 1.90 bits per heavy atom. The molecule has 104 valence electrons. The molecule has 0 bridgehead atoms. The first kappa shape index (κ1) is 14.1. The van der Waals surface area contributed by atoms with E-state index in [1.54, 1.807) is 31.4 Å². The van der Waals surface area contributed by atoms with E-state index in [1.807, 2.05) is 25.1 Å². The van der Waals surface area contributed by atoms with E-state index in [4.69, 9.17) is 4.74 Å². The number of phenolic OH excluding ortho intramolecular Hbond substituents is 1. The van der Waals surface area contributed by atoms with Gasteiger partial charge in [-0.3, -0.25) is 4.79 Å². The van der Waals surface area contributed by atoms with Gasteiger partial charge >= 0.3 is 0 Å². The van der Waals surface area contributed by atoms with Crippen molar-refractivity contribution >= 4 is 11.6 Å². The summed E-state index contributed by atoms with van der Waals surface area (Å²) in [6, 6.07) is 12.3. The molecule has 0 radical (unpaired) electrons. The lowest BCUT2D eigenvalue weighted by atomic mass is 10.1. The first-order chi connectivity index (χ1) is 9.60. The maximum absolute atomic E-state index is 12.1. The number of hydrogen-bond acceptors (Lipinski definition) is 3. The number of rotatable bonds is 4.